The molecule has 0 fully saturated rings. The van der Waals surface area contributed by atoms with Crippen molar-refractivity contribution in [2.24, 2.45) is 5.14 Å². The summed E-state index contributed by atoms with van der Waals surface area (Å²) in [6, 6.07) is 0. The van der Waals surface area contributed by atoms with E-state index < -0.39 is 32.8 Å². The van der Waals surface area contributed by atoms with Gasteiger partial charge in [-0.15, -0.1) is 13.2 Å². The summed E-state index contributed by atoms with van der Waals surface area (Å²) in [6.45, 7) is 0. The van der Waals surface area contributed by atoms with Gasteiger partial charge in [0.2, 0.25) is 15.8 Å². The fraction of sp³-hybridized carbons (Fsp3) is 0.286. The van der Waals surface area contributed by atoms with E-state index in [-0.39, 0.29) is 3.70 Å². The molecule has 0 aliphatic carbocycles. The smallest absolute Gasteiger partial charge is 0.491 e. The van der Waals surface area contributed by atoms with Crippen LogP contribution >= 0.6 is 22.6 Å². The second kappa shape index (κ2) is 5.05. The summed E-state index contributed by atoms with van der Waals surface area (Å²) in [4.78, 5) is 2.77. The topological polar surface area (TPSA) is 91.5 Å². The number of primary sulfonamides is 1. The summed E-state index contributed by atoms with van der Waals surface area (Å²) in [5, 5.41) is 4.83. The minimum absolute atomic E-state index is 0.214. The highest BCUT2D eigenvalue weighted by Crippen LogP contribution is 2.39. The third-order valence-electron chi connectivity index (χ3n) is 1.64. The number of nitrogens with zero attached hydrogens (tertiary/aromatic N) is 1. The summed E-state index contributed by atoms with van der Waals surface area (Å²) in [5.41, 5.74) is 0. The van der Waals surface area contributed by atoms with Gasteiger partial charge in [0.1, 0.15) is 8.60 Å². The number of halogens is 4. The molecule has 1 aromatic heterocycles. The van der Waals surface area contributed by atoms with Crippen LogP contribution < -0.4 is 14.6 Å². The second-order valence-electron chi connectivity index (χ2n) is 2.87. The van der Waals surface area contributed by atoms with Crippen molar-refractivity contribution in [1.82, 2.24) is 4.98 Å². The molecule has 0 atom stereocenters. The number of pyridine rings is 1. The Kier molecular flexibility index (Phi) is 4.27. The Bertz CT molecular complexity index is 561. The van der Waals surface area contributed by atoms with Crippen molar-refractivity contribution in [3.05, 3.63) is 9.90 Å². The number of hydrogen-bond acceptors (Lipinski definition) is 5. The Morgan fingerprint density at radius 2 is 1.94 bits per heavy atom. The molecule has 0 aliphatic rings. The van der Waals surface area contributed by atoms with Crippen LogP contribution in [0.5, 0.6) is 11.5 Å². The van der Waals surface area contributed by atoms with Crippen molar-refractivity contribution in [1.29, 1.82) is 0 Å². The standard InChI is InChI=1S/C7H6F3IN2O4S/c1-16-4-3(18(12,14)15)2-13-6(11)5(4)17-7(8,9)10/h2H,1H3,(H2,12,14,15). The van der Waals surface area contributed by atoms with Crippen molar-refractivity contribution in [2.75, 3.05) is 7.11 Å². The molecule has 0 aliphatic heterocycles. The van der Waals surface area contributed by atoms with E-state index in [0.717, 1.165) is 13.3 Å². The largest absolute Gasteiger partial charge is 0.573 e. The molecule has 0 aromatic carbocycles. The molecule has 0 bridgehead atoms. The SMILES string of the molecule is COc1c(S(N)(=O)=O)cnc(I)c1OC(F)(F)F. The molecule has 0 unspecified atom stereocenters. The van der Waals surface area contributed by atoms with E-state index in [1.165, 1.54) is 22.6 Å². The molecule has 1 rings (SSSR count). The van der Waals surface area contributed by atoms with Crippen molar-refractivity contribution in [3.63, 3.8) is 0 Å². The molecule has 0 amide bonds. The van der Waals surface area contributed by atoms with E-state index in [0.29, 0.717) is 0 Å². The van der Waals surface area contributed by atoms with Gasteiger partial charge in [-0.1, -0.05) is 0 Å². The van der Waals surface area contributed by atoms with E-state index in [1.807, 2.05) is 0 Å². The van der Waals surface area contributed by atoms with Crippen LogP contribution in [0.2, 0.25) is 0 Å². The Labute approximate surface area is 113 Å². The molecule has 102 valence electrons. The number of alkyl halides is 3. The predicted octanol–water partition coefficient (Wildman–Crippen LogP) is 1.24. The maximum atomic E-state index is 12.2. The zero-order chi connectivity index (χ0) is 14.1. The first kappa shape index (κ1) is 15.2. The highest BCUT2D eigenvalue weighted by molar-refractivity contribution is 14.1. The van der Waals surface area contributed by atoms with Crippen molar-refractivity contribution >= 4 is 32.6 Å². The van der Waals surface area contributed by atoms with Crippen LogP contribution in [-0.2, 0) is 10.0 Å². The Hall–Kier alpha value is -0.820. The zero-order valence-corrected chi connectivity index (χ0v) is 11.6. The van der Waals surface area contributed by atoms with Gasteiger partial charge in [0.05, 0.1) is 13.3 Å². The van der Waals surface area contributed by atoms with E-state index >= 15 is 0 Å². The minimum atomic E-state index is -5.01. The van der Waals surface area contributed by atoms with Crippen LogP contribution in [0.1, 0.15) is 0 Å². The van der Waals surface area contributed by atoms with Gasteiger partial charge in [-0.25, -0.2) is 18.5 Å². The fourth-order valence-corrected chi connectivity index (χ4v) is 2.17. The average molecular weight is 398 g/mol. The van der Waals surface area contributed by atoms with Crippen LogP contribution in [-0.4, -0.2) is 26.9 Å². The summed E-state index contributed by atoms with van der Waals surface area (Å²) in [6.07, 6.45) is -4.22. The lowest BCUT2D eigenvalue weighted by atomic mass is 10.4. The molecule has 11 heteroatoms. The first-order chi connectivity index (χ1) is 8.06. The Morgan fingerprint density at radius 3 is 2.33 bits per heavy atom. The van der Waals surface area contributed by atoms with E-state index in [1.54, 1.807) is 0 Å². The van der Waals surface area contributed by atoms with Crippen LogP contribution in [0.3, 0.4) is 0 Å². The van der Waals surface area contributed by atoms with Crippen LogP contribution in [0.4, 0.5) is 13.2 Å². The minimum Gasteiger partial charge on any atom is -0.491 e. The molecule has 0 saturated carbocycles. The van der Waals surface area contributed by atoms with E-state index in [9.17, 15) is 21.6 Å². The predicted molar refractivity (Wildman–Crippen MR) is 61.6 cm³/mol. The van der Waals surface area contributed by atoms with Crippen molar-refractivity contribution < 1.29 is 31.1 Å². The van der Waals surface area contributed by atoms with Crippen molar-refractivity contribution in [3.8, 4) is 11.5 Å². The normalized spacial score (nSPS) is 12.3. The molecule has 1 aromatic rings. The van der Waals surface area contributed by atoms with Gasteiger partial charge in [-0.05, 0) is 22.6 Å². The summed E-state index contributed by atoms with van der Waals surface area (Å²) in [7, 11) is -3.29. The van der Waals surface area contributed by atoms with E-state index in [4.69, 9.17) is 5.14 Å². The molecule has 0 spiro atoms. The lowest BCUT2D eigenvalue weighted by molar-refractivity contribution is -0.275. The molecule has 1 heterocycles. The van der Waals surface area contributed by atoms with E-state index in [2.05, 4.69) is 14.5 Å². The molecular weight excluding hydrogens is 392 g/mol. The molecule has 0 saturated heterocycles. The highest BCUT2D eigenvalue weighted by atomic mass is 127. The molecule has 18 heavy (non-hydrogen) atoms. The van der Waals surface area contributed by atoms with Crippen LogP contribution in [0.15, 0.2) is 11.1 Å². The summed E-state index contributed by atoms with van der Waals surface area (Å²) < 4.78 is 66.9. The number of hydrogen-bond donors (Lipinski definition) is 1. The van der Waals surface area contributed by atoms with Crippen LogP contribution in [0, 0.1) is 3.70 Å². The fourth-order valence-electron chi connectivity index (χ4n) is 1.04. The second-order valence-corrected chi connectivity index (χ2v) is 5.42. The number of ether oxygens (including phenoxy) is 2. The average Bonchev–Trinajstić information content (AvgIpc) is 2.17. The molecular formula is C7H6F3IN2O4S. The summed E-state index contributed by atoms with van der Waals surface area (Å²) in [5.74, 6) is -1.49. The van der Waals surface area contributed by atoms with Crippen LogP contribution in [0.25, 0.3) is 0 Å². The van der Waals surface area contributed by atoms with Gasteiger partial charge < -0.3 is 9.47 Å². The lowest BCUT2D eigenvalue weighted by Crippen LogP contribution is -2.20. The van der Waals surface area contributed by atoms with Crippen molar-refractivity contribution in [2.45, 2.75) is 11.3 Å². The maximum Gasteiger partial charge on any atom is 0.573 e. The number of nitrogens with two attached hydrogens (primary N) is 1. The quantitative estimate of drug-likeness (QED) is 0.611. The Morgan fingerprint density at radius 1 is 1.39 bits per heavy atom. The maximum absolute atomic E-state index is 12.2. The number of aromatic nitrogens is 1. The number of rotatable bonds is 3. The van der Waals surface area contributed by atoms with Gasteiger partial charge >= 0.3 is 6.36 Å². The lowest BCUT2D eigenvalue weighted by Gasteiger charge is -2.15. The van der Waals surface area contributed by atoms with Gasteiger partial charge in [0, 0.05) is 0 Å². The summed E-state index contributed by atoms with van der Waals surface area (Å²) >= 11 is 1.44. The molecule has 0 radical (unpaired) electrons. The number of sulfonamides is 1. The first-order valence-electron chi connectivity index (χ1n) is 4.07. The van der Waals surface area contributed by atoms with Gasteiger partial charge in [-0.2, -0.15) is 0 Å². The van der Waals surface area contributed by atoms with Gasteiger partial charge in [0.15, 0.2) is 5.75 Å². The molecule has 6 nitrogen and oxygen atoms in total. The van der Waals surface area contributed by atoms with Gasteiger partial charge in [0.25, 0.3) is 0 Å². The first-order valence-corrected chi connectivity index (χ1v) is 6.70. The Balaban J connectivity index is 3.50. The highest BCUT2D eigenvalue weighted by Gasteiger charge is 2.35. The molecule has 2 N–H and O–H groups in total. The van der Waals surface area contributed by atoms with Gasteiger partial charge in [-0.3, -0.25) is 0 Å². The third kappa shape index (κ3) is 3.58. The third-order valence-corrected chi connectivity index (χ3v) is 3.31. The number of methoxy groups -OCH3 is 1. The zero-order valence-electron chi connectivity index (χ0n) is 8.66. The monoisotopic (exact) mass is 398 g/mol.